The van der Waals surface area contributed by atoms with Crippen molar-refractivity contribution >= 4 is 11.5 Å². The van der Waals surface area contributed by atoms with E-state index in [1.165, 1.54) is 31.5 Å². The predicted octanol–water partition coefficient (Wildman–Crippen LogP) is 3.85. The van der Waals surface area contributed by atoms with Gasteiger partial charge in [0.15, 0.2) is 11.6 Å². The van der Waals surface area contributed by atoms with Gasteiger partial charge >= 0.3 is 0 Å². The maximum atomic E-state index is 14.7. The van der Waals surface area contributed by atoms with E-state index in [-0.39, 0.29) is 47.7 Å². The number of aliphatic hydroxyl groups is 1. The number of aromatic nitrogens is 3. The number of hydrogen-bond donors (Lipinski definition) is 1. The van der Waals surface area contributed by atoms with Gasteiger partial charge in [-0.3, -0.25) is 9.78 Å². The summed E-state index contributed by atoms with van der Waals surface area (Å²) in [6.45, 7) is 1.28. The van der Waals surface area contributed by atoms with Gasteiger partial charge < -0.3 is 19.5 Å². The van der Waals surface area contributed by atoms with Crippen LogP contribution in [0.1, 0.15) is 21.6 Å². The molecule has 40 heavy (non-hydrogen) atoms. The summed E-state index contributed by atoms with van der Waals surface area (Å²) in [6.07, 6.45) is 4.27. The lowest BCUT2D eigenvalue weighted by molar-refractivity contribution is 0.00353. The Bertz CT molecular complexity index is 1590. The number of halogens is 1. The van der Waals surface area contributed by atoms with Crippen LogP contribution in [-0.4, -0.2) is 65.4 Å². The highest BCUT2D eigenvalue weighted by Gasteiger charge is 2.24. The van der Waals surface area contributed by atoms with Crippen LogP contribution in [0.4, 0.5) is 10.1 Å². The molecule has 1 aliphatic rings. The average Bonchev–Trinajstić information content (AvgIpc) is 3.01. The summed E-state index contributed by atoms with van der Waals surface area (Å²) in [4.78, 5) is 28.3. The molecule has 2 aromatic heterocycles. The molecule has 202 valence electrons. The van der Waals surface area contributed by atoms with Crippen LogP contribution in [0.5, 0.6) is 5.75 Å². The smallest absolute Gasteiger partial charge is 0.185 e. The molecule has 1 fully saturated rings. The van der Waals surface area contributed by atoms with Crippen LogP contribution < -0.4 is 9.64 Å². The highest BCUT2D eigenvalue weighted by atomic mass is 19.1. The number of nitriles is 1. The number of benzene rings is 2. The molecule has 0 bridgehead atoms. The second kappa shape index (κ2) is 12.0. The quantitative estimate of drug-likeness (QED) is 0.333. The van der Waals surface area contributed by atoms with Crippen LogP contribution >= 0.6 is 0 Å². The van der Waals surface area contributed by atoms with Crippen molar-refractivity contribution in [2.45, 2.75) is 12.5 Å². The van der Waals surface area contributed by atoms with E-state index in [0.29, 0.717) is 30.8 Å². The van der Waals surface area contributed by atoms with Gasteiger partial charge in [-0.25, -0.2) is 14.4 Å². The number of Topliss-reactive ketones (excluding diaryl/α,β-unsaturated/α-hetero) is 1. The Labute approximate surface area is 230 Å². The summed E-state index contributed by atoms with van der Waals surface area (Å²) in [6, 6.07) is 15.4. The lowest BCUT2D eigenvalue weighted by Crippen LogP contribution is -2.44. The summed E-state index contributed by atoms with van der Waals surface area (Å²) in [7, 11) is 1.43. The SMILES string of the molecule is COc1cccc(F)c1-c1nccc(C(=O)Cc2ccc(-c3cnccc3C#N)cc2N2CCO[C@@H](CO)C2)n1. The zero-order valence-corrected chi connectivity index (χ0v) is 21.7. The first-order valence-corrected chi connectivity index (χ1v) is 12.7. The monoisotopic (exact) mass is 539 g/mol. The zero-order valence-electron chi connectivity index (χ0n) is 21.7. The third-order valence-electron chi connectivity index (χ3n) is 6.73. The minimum atomic E-state index is -0.556. The van der Waals surface area contributed by atoms with E-state index in [9.17, 15) is 19.6 Å². The highest BCUT2D eigenvalue weighted by molar-refractivity contribution is 5.97. The fourth-order valence-corrected chi connectivity index (χ4v) is 4.74. The van der Waals surface area contributed by atoms with Crippen LogP contribution in [0, 0.1) is 17.1 Å². The maximum Gasteiger partial charge on any atom is 0.185 e. The number of anilines is 1. The minimum absolute atomic E-state index is 0.0137. The Kier molecular flexibility index (Phi) is 8.05. The van der Waals surface area contributed by atoms with E-state index in [4.69, 9.17) is 9.47 Å². The van der Waals surface area contributed by atoms with Gasteiger partial charge in [0.05, 0.1) is 43.6 Å². The van der Waals surface area contributed by atoms with Gasteiger partial charge in [0.1, 0.15) is 17.3 Å². The molecule has 10 heteroatoms. The van der Waals surface area contributed by atoms with Crippen molar-refractivity contribution < 1.29 is 23.8 Å². The summed E-state index contributed by atoms with van der Waals surface area (Å²) in [5.41, 5.74) is 3.67. The topological polar surface area (TPSA) is 121 Å². The number of hydrogen-bond acceptors (Lipinski definition) is 9. The Morgan fingerprint density at radius 1 is 1.25 bits per heavy atom. The standard InChI is InChI=1S/C30H26FN5O4/c1-39-28-4-2-3-24(31)29(28)30-34-10-8-25(35-30)27(38)14-20-6-5-19(23-16-33-9-7-21(23)15-32)13-26(20)36-11-12-40-22(17-36)18-37/h2-10,13,16,22,37H,11-12,14,17-18H2,1H3/t22-/m1/s1. The van der Waals surface area contributed by atoms with Crippen molar-refractivity contribution in [1.82, 2.24) is 15.0 Å². The molecule has 9 nitrogen and oxygen atoms in total. The lowest BCUT2D eigenvalue weighted by Gasteiger charge is -2.35. The molecule has 0 radical (unpaired) electrons. The van der Waals surface area contributed by atoms with E-state index in [2.05, 4.69) is 25.9 Å². The third-order valence-corrected chi connectivity index (χ3v) is 6.73. The van der Waals surface area contributed by atoms with Crippen molar-refractivity contribution in [3.8, 4) is 34.3 Å². The molecule has 0 amide bonds. The molecule has 0 aliphatic carbocycles. The number of ether oxygens (including phenoxy) is 2. The number of carbonyl (C=O) groups is 1. The van der Waals surface area contributed by atoms with E-state index in [1.807, 2.05) is 18.2 Å². The summed E-state index contributed by atoms with van der Waals surface area (Å²) in [5.74, 6) is -0.518. The Morgan fingerprint density at radius 3 is 2.92 bits per heavy atom. The van der Waals surface area contributed by atoms with Crippen molar-refractivity contribution in [1.29, 1.82) is 5.26 Å². The predicted molar refractivity (Wildman–Crippen MR) is 145 cm³/mol. The number of methoxy groups -OCH3 is 1. The highest BCUT2D eigenvalue weighted by Crippen LogP contribution is 2.33. The molecule has 2 aromatic carbocycles. The van der Waals surface area contributed by atoms with Crippen molar-refractivity contribution in [2.24, 2.45) is 0 Å². The second-order valence-electron chi connectivity index (χ2n) is 9.18. The van der Waals surface area contributed by atoms with Gasteiger partial charge in [0, 0.05) is 49.4 Å². The van der Waals surface area contributed by atoms with Crippen LogP contribution in [0.2, 0.25) is 0 Å². The van der Waals surface area contributed by atoms with Crippen molar-refractivity contribution in [3.63, 3.8) is 0 Å². The molecular weight excluding hydrogens is 513 g/mol. The Morgan fingerprint density at radius 2 is 2.12 bits per heavy atom. The van der Waals surface area contributed by atoms with Gasteiger partial charge in [-0.05, 0) is 41.5 Å². The molecule has 0 unspecified atom stereocenters. The van der Waals surface area contributed by atoms with E-state index < -0.39 is 5.82 Å². The first-order valence-electron chi connectivity index (χ1n) is 12.7. The molecule has 1 N–H and O–H groups in total. The van der Waals surface area contributed by atoms with Gasteiger partial charge in [0.2, 0.25) is 0 Å². The molecule has 0 saturated carbocycles. The summed E-state index contributed by atoms with van der Waals surface area (Å²) in [5, 5.41) is 19.3. The molecule has 0 spiro atoms. The normalized spacial score (nSPS) is 14.9. The fraction of sp³-hybridized carbons (Fsp3) is 0.233. The van der Waals surface area contributed by atoms with E-state index in [0.717, 1.165) is 16.8 Å². The Balaban J connectivity index is 1.51. The van der Waals surface area contributed by atoms with Crippen LogP contribution in [-0.2, 0) is 11.2 Å². The average molecular weight is 540 g/mol. The van der Waals surface area contributed by atoms with E-state index >= 15 is 0 Å². The maximum absolute atomic E-state index is 14.7. The zero-order chi connectivity index (χ0) is 28.1. The van der Waals surface area contributed by atoms with Gasteiger partial charge in [-0.2, -0.15) is 5.26 Å². The van der Waals surface area contributed by atoms with Gasteiger partial charge in [0.25, 0.3) is 0 Å². The first kappa shape index (κ1) is 26.9. The van der Waals surface area contributed by atoms with Gasteiger partial charge in [-0.1, -0.05) is 18.2 Å². The molecule has 1 saturated heterocycles. The van der Waals surface area contributed by atoms with Crippen molar-refractivity contribution in [3.05, 3.63) is 89.8 Å². The third kappa shape index (κ3) is 5.52. The summed E-state index contributed by atoms with van der Waals surface area (Å²) < 4.78 is 25.6. The Hall–Kier alpha value is -4.72. The first-order chi connectivity index (χ1) is 19.5. The number of pyridine rings is 1. The lowest BCUT2D eigenvalue weighted by atomic mass is 9.96. The van der Waals surface area contributed by atoms with Gasteiger partial charge in [-0.15, -0.1) is 0 Å². The molecule has 1 atom stereocenters. The molecule has 1 aliphatic heterocycles. The summed E-state index contributed by atoms with van der Waals surface area (Å²) >= 11 is 0. The van der Waals surface area contributed by atoms with Crippen LogP contribution in [0.25, 0.3) is 22.5 Å². The number of nitrogens with zero attached hydrogens (tertiary/aromatic N) is 5. The largest absolute Gasteiger partial charge is 0.496 e. The van der Waals surface area contributed by atoms with Crippen LogP contribution in [0.3, 0.4) is 0 Å². The van der Waals surface area contributed by atoms with E-state index in [1.54, 1.807) is 24.5 Å². The number of carbonyl (C=O) groups excluding carboxylic acids is 1. The van der Waals surface area contributed by atoms with Crippen molar-refractivity contribution in [2.75, 3.05) is 38.3 Å². The molecule has 3 heterocycles. The second-order valence-corrected chi connectivity index (χ2v) is 9.18. The molecular formula is C30H26FN5O4. The number of morpholine rings is 1. The number of rotatable bonds is 8. The van der Waals surface area contributed by atoms with Crippen LogP contribution in [0.15, 0.2) is 67.1 Å². The molecule has 4 aromatic rings. The number of aliphatic hydroxyl groups excluding tert-OH is 1. The minimum Gasteiger partial charge on any atom is -0.496 e. The number of ketones is 1. The molecule has 5 rings (SSSR count). The fourth-order valence-electron chi connectivity index (χ4n) is 4.74.